The second-order valence-electron chi connectivity index (χ2n) is 5.75. The first-order valence-corrected chi connectivity index (χ1v) is 7.73. The Morgan fingerprint density at radius 1 is 0.714 bits per heavy atom. The molecule has 0 amide bonds. The Labute approximate surface area is 128 Å². The molecule has 0 spiro atoms. The van der Waals surface area contributed by atoms with Crippen LogP contribution < -0.4 is 11.5 Å². The molecule has 4 N–H and O–H groups in total. The van der Waals surface area contributed by atoms with E-state index in [-0.39, 0.29) is 0 Å². The second kappa shape index (κ2) is 6.21. The van der Waals surface area contributed by atoms with E-state index in [1.807, 2.05) is 0 Å². The molecule has 0 aliphatic heterocycles. The van der Waals surface area contributed by atoms with E-state index in [1.165, 1.54) is 22.3 Å². The van der Waals surface area contributed by atoms with Crippen LogP contribution in [-0.2, 0) is 19.3 Å². The van der Waals surface area contributed by atoms with Gasteiger partial charge in [-0.3, -0.25) is 0 Å². The number of hydrogen-bond acceptors (Lipinski definition) is 2. The maximum atomic E-state index is 6.25. The number of nitrogens with two attached hydrogens (primary N) is 2. The highest BCUT2D eigenvalue weighted by molar-refractivity contribution is 5.60. The van der Waals surface area contributed by atoms with Gasteiger partial charge in [0.05, 0.1) is 0 Å². The predicted octanol–water partition coefficient (Wildman–Crippen LogP) is 4.18. The lowest BCUT2D eigenvalue weighted by Gasteiger charge is -2.17. The van der Waals surface area contributed by atoms with Crippen molar-refractivity contribution in [1.29, 1.82) is 0 Å². The highest BCUT2D eigenvalue weighted by atomic mass is 14.6. The fraction of sp³-hybridized carbons (Fsp3) is 0.368. The summed E-state index contributed by atoms with van der Waals surface area (Å²) >= 11 is 0. The van der Waals surface area contributed by atoms with Gasteiger partial charge in [-0.15, -0.1) is 0 Å². The van der Waals surface area contributed by atoms with Gasteiger partial charge in [0, 0.05) is 11.4 Å². The largest absolute Gasteiger partial charge is 0.398 e. The Morgan fingerprint density at radius 3 is 1.43 bits per heavy atom. The zero-order valence-electron chi connectivity index (χ0n) is 13.6. The molecule has 2 aromatic carbocycles. The lowest BCUT2D eigenvalue weighted by Crippen LogP contribution is -2.06. The standard InChI is InChI=1S/C19H26N2/c1-5-16-14(9-7-12(3)18(16)20)11-15-10-8-13(4)19(21)17(15)6-2/h7-10H,5-6,11,20-21H2,1-4H3. The monoisotopic (exact) mass is 282 g/mol. The first-order chi connectivity index (χ1) is 9.99. The van der Waals surface area contributed by atoms with Crippen LogP contribution in [0.15, 0.2) is 24.3 Å². The van der Waals surface area contributed by atoms with Crippen molar-refractivity contribution in [1.82, 2.24) is 0 Å². The first-order valence-electron chi connectivity index (χ1n) is 7.73. The van der Waals surface area contributed by atoms with E-state index in [1.54, 1.807) is 0 Å². The van der Waals surface area contributed by atoms with Crippen molar-refractivity contribution in [3.63, 3.8) is 0 Å². The highest BCUT2D eigenvalue weighted by Gasteiger charge is 2.12. The molecule has 0 saturated heterocycles. The molecule has 0 bridgehead atoms. The van der Waals surface area contributed by atoms with E-state index in [2.05, 4.69) is 52.0 Å². The van der Waals surface area contributed by atoms with E-state index in [0.29, 0.717) is 0 Å². The minimum Gasteiger partial charge on any atom is -0.398 e. The summed E-state index contributed by atoms with van der Waals surface area (Å²) in [6.45, 7) is 8.47. The fourth-order valence-corrected chi connectivity index (χ4v) is 3.03. The van der Waals surface area contributed by atoms with Crippen LogP contribution in [0.4, 0.5) is 11.4 Å². The number of rotatable bonds is 4. The van der Waals surface area contributed by atoms with Crippen molar-refractivity contribution in [3.8, 4) is 0 Å². The molecule has 112 valence electrons. The predicted molar refractivity (Wildman–Crippen MR) is 92.7 cm³/mol. The Hall–Kier alpha value is -1.96. The van der Waals surface area contributed by atoms with Gasteiger partial charge in [-0.1, -0.05) is 38.1 Å². The number of anilines is 2. The molecule has 0 atom stereocenters. The van der Waals surface area contributed by atoms with Gasteiger partial charge < -0.3 is 11.5 Å². The average molecular weight is 282 g/mol. The lowest BCUT2D eigenvalue weighted by atomic mass is 9.90. The van der Waals surface area contributed by atoms with E-state index in [9.17, 15) is 0 Å². The van der Waals surface area contributed by atoms with E-state index >= 15 is 0 Å². The topological polar surface area (TPSA) is 52.0 Å². The Bertz CT molecular complexity index is 600. The first kappa shape index (κ1) is 15.4. The van der Waals surface area contributed by atoms with E-state index < -0.39 is 0 Å². The maximum Gasteiger partial charge on any atom is 0.0379 e. The second-order valence-corrected chi connectivity index (χ2v) is 5.75. The van der Waals surface area contributed by atoms with Crippen LogP contribution in [-0.4, -0.2) is 0 Å². The summed E-state index contributed by atoms with van der Waals surface area (Å²) in [6.07, 6.45) is 2.83. The number of aryl methyl sites for hydroxylation is 2. The van der Waals surface area contributed by atoms with Crippen molar-refractivity contribution in [2.45, 2.75) is 47.0 Å². The molecule has 0 aliphatic rings. The van der Waals surface area contributed by atoms with Crippen molar-refractivity contribution in [2.24, 2.45) is 0 Å². The van der Waals surface area contributed by atoms with Gasteiger partial charge in [-0.05, 0) is 66.5 Å². The molecular formula is C19H26N2. The van der Waals surface area contributed by atoms with Crippen molar-refractivity contribution < 1.29 is 0 Å². The van der Waals surface area contributed by atoms with Crippen LogP contribution in [0, 0.1) is 13.8 Å². The number of benzene rings is 2. The van der Waals surface area contributed by atoms with Crippen LogP contribution >= 0.6 is 0 Å². The molecular weight excluding hydrogens is 256 g/mol. The molecule has 0 fully saturated rings. The molecule has 2 nitrogen and oxygen atoms in total. The van der Waals surface area contributed by atoms with Gasteiger partial charge in [0.15, 0.2) is 0 Å². The van der Waals surface area contributed by atoms with Crippen molar-refractivity contribution in [3.05, 3.63) is 57.6 Å². The molecule has 0 saturated carbocycles. The van der Waals surface area contributed by atoms with E-state index in [0.717, 1.165) is 41.8 Å². The molecule has 2 heteroatoms. The molecule has 0 unspecified atom stereocenters. The summed E-state index contributed by atoms with van der Waals surface area (Å²) in [5, 5.41) is 0. The summed E-state index contributed by atoms with van der Waals surface area (Å²) in [5.41, 5.74) is 21.9. The fourth-order valence-electron chi connectivity index (χ4n) is 3.03. The maximum absolute atomic E-state index is 6.25. The third-order valence-electron chi connectivity index (χ3n) is 4.43. The Balaban J connectivity index is 2.48. The van der Waals surface area contributed by atoms with Crippen LogP contribution in [0.25, 0.3) is 0 Å². The van der Waals surface area contributed by atoms with Gasteiger partial charge in [0.2, 0.25) is 0 Å². The van der Waals surface area contributed by atoms with Crippen LogP contribution in [0.5, 0.6) is 0 Å². The number of hydrogen-bond donors (Lipinski definition) is 2. The summed E-state index contributed by atoms with van der Waals surface area (Å²) in [6, 6.07) is 8.65. The van der Waals surface area contributed by atoms with Crippen molar-refractivity contribution in [2.75, 3.05) is 11.5 Å². The van der Waals surface area contributed by atoms with Crippen LogP contribution in [0.3, 0.4) is 0 Å². The summed E-state index contributed by atoms with van der Waals surface area (Å²) in [7, 11) is 0. The number of nitrogen functional groups attached to an aromatic ring is 2. The zero-order valence-corrected chi connectivity index (χ0v) is 13.6. The minimum atomic E-state index is 0.904. The van der Waals surface area contributed by atoms with Crippen LogP contribution in [0.1, 0.15) is 47.2 Å². The third kappa shape index (κ3) is 2.90. The lowest BCUT2D eigenvalue weighted by molar-refractivity contribution is 1.02. The average Bonchev–Trinajstić information content (AvgIpc) is 2.47. The van der Waals surface area contributed by atoms with Crippen LogP contribution in [0.2, 0.25) is 0 Å². The SMILES string of the molecule is CCc1c(Cc2ccc(C)c(N)c2CC)ccc(C)c1N. The molecule has 0 heterocycles. The minimum absolute atomic E-state index is 0.904. The summed E-state index contributed by atoms with van der Waals surface area (Å²) in [4.78, 5) is 0. The molecule has 0 radical (unpaired) electrons. The Kier molecular flexibility index (Phi) is 4.56. The van der Waals surface area contributed by atoms with Gasteiger partial charge in [-0.25, -0.2) is 0 Å². The third-order valence-corrected chi connectivity index (χ3v) is 4.43. The van der Waals surface area contributed by atoms with Crippen molar-refractivity contribution >= 4 is 11.4 Å². The quantitative estimate of drug-likeness (QED) is 0.826. The zero-order chi connectivity index (χ0) is 15.6. The van der Waals surface area contributed by atoms with Gasteiger partial charge >= 0.3 is 0 Å². The van der Waals surface area contributed by atoms with E-state index in [4.69, 9.17) is 11.5 Å². The normalized spacial score (nSPS) is 10.9. The smallest absolute Gasteiger partial charge is 0.0379 e. The Morgan fingerprint density at radius 2 is 1.10 bits per heavy atom. The molecule has 21 heavy (non-hydrogen) atoms. The van der Waals surface area contributed by atoms with Gasteiger partial charge in [0.1, 0.15) is 0 Å². The van der Waals surface area contributed by atoms with Gasteiger partial charge in [-0.2, -0.15) is 0 Å². The molecule has 2 aromatic rings. The highest BCUT2D eigenvalue weighted by Crippen LogP contribution is 2.28. The molecule has 0 aromatic heterocycles. The summed E-state index contributed by atoms with van der Waals surface area (Å²) in [5.74, 6) is 0. The molecule has 2 rings (SSSR count). The summed E-state index contributed by atoms with van der Waals surface area (Å²) < 4.78 is 0. The molecule has 0 aliphatic carbocycles. The van der Waals surface area contributed by atoms with Gasteiger partial charge in [0.25, 0.3) is 0 Å².